The Kier molecular flexibility index (Phi) is 3.62. The van der Waals surface area contributed by atoms with Crippen LogP contribution in [-0.4, -0.2) is 23.9 Å². The van der Waals surface area contributed by atoms with Crippen LogP contribution in [0.4, 0.5) is 10.5 Å². The number of nitrogens with zero attached hydrogens (tertiary/aromatic N) is 1. The Labute approximate surface area is 107 Å². The summed E-state index contributed by atoms with van der Waals surface area (Å²) in [7, 11) is 0. The molecule has 0 spiro atoms. The van der Waals surface area contributed by atoms with E-state index in [1.165, 1.54) is 4.90 Å². The molecule has 1 aromatic carbocycles. The van der Waals surface area contributed by atoms with Gasteiger partial charge in [-0.2, -0.15) is 0 Å². The average Bonchev–Trinajstić information content (AvgIpc) is 2.26. The average molecular weight is 250 g/mol. The SMILES string of the molecule is CC(C)NC(=O)N1CC(C)Sc2ccccc21. The summed E-state index contributed by atoms with van der Waals surface area (Å²) in [6.45, 7) is 6.87. The van der Waals surface area contributed by atoms with Crippen LogP contribution in [0.3, 0.4) is 0 Å². The summed E-state index contributed by atoms with van der Waals surface area (Å²) in [4.78, 5) is 15.2. The first-order valence-corrected chi connectivity index (χ1v) is 6.79. The van der Waals surface area contributed by atoms with Gasteiger partial charge in [-0.1, -0.05) is 19.1 Å². The molecular weight excluding hydrogens is 232 g/mol. The molecule has 92 valence electrons. The van der Waals surface area contributed by atoms with E-state index in [4.69, 9.17) is 0 Å². The molecule has 1 atom stereocenters. The van der Waals surface area contributed by atoms with Crippen molar-refractivity contribution in [2.75, 3.05) is 11.4 Å². The highest BCUT2D eigenvalue weighted by atomic mass is 32.2. The molecule has 1 aliphatic rings. The van der Waals surface area contributed by atoms with Crippen LogP contribution in [0.1, 0.15) is 20.8 Å². The smallest absolute Gasteiger partial charge is 0.322 e. The van der Waals surface area contributed by atoms with Crippen LogP contribution in [0, 0.1) is 0 Å². The molecule has 0 saturated heterocycles. The summed E-state index contributed by atoms with van der Waals surface area (Å²) < 4.78 is 0. The summed E-state index contributed by atoms with van der Waals surface area (Å²) in [6, 6.07) is 8.24. The van der Waals surface area contributed by atoms with E-state index in [1.54, 1.807) is 0 Å². The van der Waals surface area contributed by atoms with Gasteiger partial charge < -0.3 is 5.32 Å². The predicted molar refractivity (Wildman–Crippen MR) is 72.8 cm³/mol. The van der Waals surface area contributed by atoms with Crippen LogP contribution < -0.4 is 10.2 Å². The number of hydrogen-bond donors (Lipinski definition) is 1. The first kappa shape index (κ1) is 12.3. The van der Waals surface area contributed by atoms with Crippen molar-refractivity contribution in [1.82, 2.24) is 5.32 Å². The van der Waals surface area contributed by atoms with Crippen LogP contribution in [0.5, 0.6) is 0 Å². The van der Waals surface area contributed by atoms with Crippen LogP contribution in [-0.2, 0) is 0 Å². The van der Waals surface area contributed by atoms with E-state index < -0.39 is 0 Å². The first-order chi connectivity index (χ1) is 8.08. The van der Waals surface area contributed by atoms with E-state index in [0.717, 1.165) is 12.2 Å². The Balaban J connectivity index is 2.26. The fourth-order valence-electron chi connectivity index (χ4n) is 1.91. The molecule has 1 heterocycles. The Morgan fingerprint density at radius 1 is 1.47 bits per heavy atom. The van der Waals surface area contributed by atoms with Crippen LogP contribution in [0.25, 0.3) is 0 Å². The molecule has 2 rings (SSSR count). The quantitative estimate of drug-likeness (QED) is 0.830. The Bertz CT molecular complexity index is 420. The zero-order valence-electron chi connectivity index (χ0n) is 10.4. The molecule has 1 N–H and O–H groups in total. The number of hydrogen-bond acceptors (Lipinski definition) is 2. The third-order valence-electron chi connectivity index (χ3n) is 2.58. The molecule has 0 fully saturated rings. The van der Waals surface area contributed by atoms with Crippen molar-refractivity contribution in [2.24, 2.45) is 0 Å². The molecule has 2 amide bonds. The van der Waals surface area contributed by atoms with Gasteiger partial charge in [0, 0.05) is 22.7 Å². The predicted octanol–water partition coefficient (Wildman–Crippen LogP) is 3.11. The number of carbonyl (C=O) groups excluding carboxylic acids is 1. The molecule has 0 aliphatic carbocycles. The highest BCUT2D eigenvalue weighted by Crippen LogP contribution is 2.37. The number of benzene rings is 1. The van der Waals surface area contributed by atoms with Crippen molar-refractivity contribution in [3.05, 3.63) is 24.3 Å². The van der Waals surface area contributed by atoms with E-state index >= 15 is 0 Å². The zero-order valence-corrected chi connectivity index (χ0v) is 11.3. The summed E-state index contributed by atoms with van der Waals surface area (Å²) >= 11 is 1.83. The van der Waals surface area contributed by atoms with Gasteiger partial charge in [-0.3, -0.25) is 4.90 Å². The van der Waals surface area contributed by atoms with Gasteiger partial charge >= 0.3 is 6.03 Å². The van der Waals surface area contributed by atoms with Crippen molar-refractivity contribution in [3.63, 3.8) is 0 Å². The van der Waals surface area contributed by atoms with Gasteiger partial charge in [0.25, 0.3) is 0 Å². The van der Waals surface area contributed by atoms with Crippen molar-refractivity contribution < 1.29 is 4.79 Å². The van der Waals surface area contributed by atoms with Gasteiger partial charge in [0.05, 0.1) is 5.69 Å². The third kappa shape index (κ3) is 2.75. The highest BCUT2D eigenvalue weighted by molar-refractivity contribution is 8.00. The fourth-order valence-corrected chi connectivity index (χ4v) is 3.02. The van der Waals surface area contributed by atoms with Gasteiger partial charge in [-0.05, 0) is 26.0 Å². The van der Waals surface area contributed by atoms with Gasteiger partial charge in [-0.15, -0.1) is 11.8 Å². The molecule has 1 aliphatic heterocycles. The van der Waals surface area contributed by atoms with Crippen LogP contribution >= 0.6 is 11.8 Å². The largest absolute Gasteiger partial charge is 0.336 e. The Morgan fingerprint density at radius 3 is 2.88 bits per heavy atom. The minimum atomic E-state index is -0.000370. The second kappa shape index (κ2) is 5.00. The second-order valence-electron chi connectivity index (χ2n) is 4.61. The fraction of sp³-hybridized carbons (Fsp3) is 0.462. The Hall–Kier alpha value is -1.16. The van der Waals surface area contributed by atoms with E-state index in [0.29, 0.717) is 5.25 Å². The van der Waals surface area contributed by atoms with Crippen molar-refractivity contribution in [3.8, 4) is 0 Å². The van der Waals surface area contributed by atoms with Crippen molar-refractivity contribution >= 4 is 23.5 Å². The molecule has 4 heteroatoms. The summed E-state index contributed by atoms with van der Waals surface area (Å²) in [5.41, 5.74) is 1.02. The van der Waals surface area contributed by atoms with E-state index in [1.807, 2.05) is 48.7 Å². The summed E-state index contributed by atoms with van der Waals surface area (Å²) in [5, 5.41) is 3.38. The lowest BCUT2D eigenvalue weighted by molar-refractivity contribution is 0.244. The van der Waals surface area contributed by atoms with E-state index in [9.17, 15) is 4.79 Å². The first-order valence-electron chi connectivity index (χ1n) is 5.91. The third-order valence-corrected chi connectivity index (χ3v) is 3.73. The molecule has 17 heavy (non-hydrogen) atoms. The number of carbonyl (C=O) groups is 1. The standard InChI is InChI=1S/C13H18N2OS/c1-9(2)14-13(16)15-8-10(3)17-12-7-5-4-6-11(12)15/h4-7,9-10H,8H2,1-3H3,(H,14,16). The summed E-state index contributed by atoms with van der Waals surface area (Å²) in [6.07, 6.45) is 0. The number of rotatable bonds is 1. The van der Waals surface area contributed by atoms with Gasteiger partial charge in [0.15, 0.2) is 0 Å². The molecule has 0 aromatic heterocycles. The molecule has 1 unspecified atom stereocenters. The molecular formula is C13H18N2OS. The number of urea groups is 1. The zero-order chi connectivity index (χ0) is 12.4. The lowest BCUT2D eigenvalue weighted by Gasteiger charge is -2.33. The molecule has 0 radical (unpaired) electrons. The summed E-state index contributed by atoms with van der Waals surface area (Å²) in [5.74, 6) is 0. The number of fused-ring (bicyclic) bond motifs is 1. The number of anilines is 1. The van der Waals surface area contributed by atoms with E-state index in [-0.39, 0.29) is 12.1 Å². The lowest BCUT2D eigenvalue weighted by atomic mass is 10.2. The van der Waals surface area contributed by atoms with Gasteiger partial charge in [-0.25, -0.2) is 4.79 Å². The normalized spacial score (nSPS) is 19.1. The maximum atomic E-state index is 12.1. The van der Waals surface area contributed by atoms with E-state index in [2.05, 4.69) is 18.3 Å². The molecule has 1 aromatic rings. The minimum Gasteiger partial charge on any atom is -0.336 e. The number of amides is 2. The highest BCUT2D eigenvalue weighted by Gasteiger charge is 2.26. The molecule has 0 saturated carbocycles. The maximum absolute atomic E-state index is 12.1. The molecule has 0 bridgehead atoms. The monoisotopic (exact) mass is 250 g/mol. The van der Waals surface area contributed by atoms with Crippen molar-refractivity contribution in [2.45, 2.75) is 37.0 Å². The second-order valence-corrected chi connectivity index (χ2v) is 6.09. The number of nitrogens with one attached hydrogen (secondary N) is 1. The van der Waals surface area contributed by atoms with Gasteiger partial charge in [0.1, 0.15) is 0 Å². The van der Waals surface area contributed by atoms with Crippen LogP contribution in [0.2, 0.25) is 0 Å². The number of para-hydroxylation sites is 1. The Morgan fingerprint density at radius 2 is 2.18 bits per heavy atom. The minimum absolute atomic E-state index is 0.000370. The van der Waals surface area contributed by atoms with Crippen molar-refractivity contribution in [1.29, 1.82) is 0 Å². The van der Waals surface area contributed by atoms with Crippen LogP contribution in [0.15, 0.2) is 29.2 Å². The molecule has 3 nitrogen and oxygen atoms in total. The topological polar surface area (TPSA) is 32.3 Å². The lowest BCUT2D eigenvalue weighted by Crippen LogP contribution is -2.46. The van der Waals surface area contributed by atoms with Gasteiger partial charge in [0.2, 0.25) is 0 Å². The number of thioether (sulfide) groups is 1. The maximum Gasteiger partial charge on any atom is 0.322 e.